The molecule has 1 saturated carbocycles. The van der Waals surface area contributed by atoms with Crippen LogP contribution in [0.2, 0.25) is 0 Å². The number of hydrogen-bond acceptors (Lipinski definition) is 6. The number of hydrogen-bond donors (Lipinski definition) is 2. The van der Waals surface area contributed by atoms with Gasteiger partial charge < -0.3 is 11.1 Å². The summed E-state index contributed by atoms with van der Waals surface area (Å²) in [6, 6.07) is 0.336. The zero-order chi connectivity index (χ0) is 18.7. The zero-order valence-electron chi connectivity index (χ0n) is 15.7. The molecule has 0 radical (unpaired) electrons. The van der Waals surface area contributed by atoms with Crippen LogP contribution >= 0.6 is 0 Å². The molecule has 0 bridgehead atoms. The molecule has 3 rings (SSSR count). The lowest BCUT2D eigenvalue weighted by atomic mass is 9.92. The van der Waals surface area contributed by atoms with Crippen molar-refractivity contribution < 1.29 is 4.79 Å². The summed E-state index contributed by atoms with van der Waals surface area (Å²) in [4.78, 5) is 17.0. The Morgan fingerprint density at radius 2 is 2.08 bits per heavy atom. The van der Waals surface area contributed by atoms with Crippen molar-refractivity contribution in [1.82, 2.24) is 35.1 Å². The number of nitrogens with zero attached hydrogens (tertiary/aromatic N) is 6. The number of rotatable bonds is 6. The average molecular weight is 360 g/mol. The Hall–Kier alpha value is -2.29. The predicted molar refractivity (Wildman–Crippen MR) is 96.2 cm³/mol. The van der Waals surface area contributed by atoms with Crippen molar-refractivity contribution in [3.63, 3.8) is 0 Å². The molecule has 142 valence electrons. The van der Waals surface area contributed by atoms with Gasteiger partial charge in [0.25, 0.3) is 5.91 Å². The number of aromatic nitrogens is 6. The molecular weight excluding hydrogens is 332 g/mol. The van der Waals surface area contributed by atoms with E-state index in [1.807, 2.05) is 7.05 Å². The van der Waals surface area contributed by atoms with E-state index in [1.165, 1.54) is 6.33 Å². The van der Waals surface area contributed by atoms with Gasteiger partial charge in [-0.1, -0.05) is 19.1 Å². The van der Waals surface area contributed by atoms with Crippen molar-refractivity contribution in [2.75, 3.05) is 0 Å². The van der Waals surface area contributed by atoms with Gasteiger partial charge in [-0.15, -0.1) is 5.10 Å². The van der Waals surface area contributed by atoms with E-state index in [-0.39, 0.29) is 24.0 Å². The second kappa shape index (κ2) is 7.94. The topological polar surface area (TPSA) is 117 Å². The summed E-state index contributed by atoms with van der Waals surface area (Å²) in [5.74, 6) is 0.900. The molecule has 2 aromatic heterocycles. The first kappa shape index (κ1) is 18.5. The summed E-state index contributed by atoms with van der Waals surface area (Å²) in [5.41, 5.74) is 6.29. The van der Waals surface area contributed by atoms with Crippen LogP contribution in [0.25, 0.3) is 0 Å². The molecule has 1 unspecified atom stereocenters. The van der Waals surface area contributed by atoms with Gasteiger partial charge in [0, 0.05) is 13.1 Å². The summed E-state index contributed by atoms with van der Waals surface area (Å²) >= 11 is 0. The van der Waals surface area contributed by atoms with Crippen LogP contribution in [0, 0.1) is 5.92 Å². The van der Waals surface area contributed by atoms with Crippen LogP contribution in [0.15, 0.2) is 12.5 Å². The van der Waals surface area contributed by atoms with Crippen molar-refractivity contribution >= 4 is 5.91 Å². The Morgan fingerprint density at radius 1 is 1.35 bits per heavy atom. The third-order valence-electron chi connectivity index (χ3n) is 4.93. The van der Waals surface area contributed by atoms with Gasteiger partial charge in [0.05, 0.1) is 18.3 Å². The van der Waals surface area contributed by atoms with Crippen LogP contribution in [0.1, 0.15) is 74.3 Å². The van der Waals surface area contributed by atoms with E-state index in [0.717, 1.165) is 37.9 Å². The highest BCUT2D eigenvalue weighted by Crippen LogP contribution is 2.27. The summed E-state index contributed by atoms with van der Waals surface area (Å²) in [7, 11) is 1.83. The second-order valence-electron chi connectivity index (χ2n) is 7.55. The SMILES string of the molecule is CC(C)CC(NC(=O)c1cn(C2CCC(N)CC2)nn1)c1ncnn1C. The number of nitrogens with one attached hydrogen (secondary N) is 1. The maximum absolute atomic E-state index is 12.7. The summed E-state index contributed by atoms with van der Waals surface area (Å²) < 4.78 is 3.50. The van der Waals surface area contributed by atoms with Gasteiger partial charge in [0.1, 0.15) is 12.2 Å². The van der Waals surface area contributed by atoms with Crippen LogP contribution in [0.3, 0.4) is 0 Å². The average Bonchev–Trinajstić information content (AvgIpc) is 3.23. The summed E-state index contributed by atoms with van der Waals surface area (Å²) in [5, 5.41) is 15.4. The van der Waals surface area contributed by atoms with Gasteiger partial charge in [0.15, 0.2) is 5.69 Å². The maximum Gasteiger partial charge on any atom is 0.274 e. The molecule has 0 aliphatic heterocycles. The molecule has 2 heterocycles. The molecule has 1 fully saturated rings. The van der Waals surface area contributed by atoms with Crippen molar-refractivity contribution in [3.05, 3.63) is 24.0 Å². The molecule has 26 heavy (non-hydrogen) atoms. The lowest BCUT2D eigenvalue weighted by molar-refractivity contribution is 0.0924. The van der Waals surface area contributed by atoms with Gasteiger partial charge in [-0.05, 0) is 38.0 Å². The minimum absolute atomic E-state index is 0.215. The first-order chi connectivity index (χ1) is 12.4. The second-order valence-corrected chi connectivity index (χ2v) is 7.55. The monoisotopic (exact) mass is 360 g/mol. The number of carbonyl (C=O) groups is 1. The number of aryl methyl sites for hydroxylation is 1. The van der Waals surface area contributed by atoms with Crippen LogP contribution in [-0.2, 0) is 7.05 Å². The number of nitrogens with two attached hydrogens (primary N) is 1. The van der Waals surface area contributed by atoms with E-state index in [9.17, 15) is 4.79 Å². The third kappa shape index (κ3) is 4.27. The minimum Gasteiger partial charge on any atom is -0.341 e. The highest BCUT2D eigenvalue weighted by atomic mass is 16.2. The van der Waals surface area contributed by atoms with Crippen molar-refractivity contribution in [2.45, 2.75) is 64.1 Å². The van der Waals surface area contributed by atoms with Crippen molar-refractivity contribution in [1.29, 1.82) is 0 Å². The van der Waals surface area contributed by atoms with Crippen LogP contribution in [0.4, 0.5) is 0 Å². The largest absolute Gasteiger partial charge is 0.341 e. The highest BCUT2D eigenvalue weighted by Gasteiger charge is 2.25. The number of amides is 1. The van der Waals surface area contributed by atoms with E-state index in [1.54, 1.807) is 15.6 Å². The molecule has 9 heteroatoms. The Kier molecular flexibility index (Phi) is 5.65. The van der Waals surface area contributed by atoms with E-state index in [2.05, 4.69) is 39.6 Å². The Balaban J connectivity index is 1.69. The molecule has 9 nitrogen and oxygen atoms in total. The number of carbonyl (C=O) groups excluding carboxylic acids is 1. The lowest BCUT2D eigenvalue weighted by Crippen LogP contribution is -2.31. The highest BCUT2D eigenvalue weighted by molar-refractivity contribution is 5.92. The molecular formula is C17H28N8O. The molecule has 1 aliphatic carbocycles. The van der Waals surface area contributed by atoms with Gasteiger partial charge in [-0.2, -0.15) is 5.10 Å². The molecule has 3 N–H and O–H groups in total. The minimum atomic E-state index is -0.239. The van der Waals surface area contributed by atoms with Gasteiger partial charge in [-0.3, -0.25) is 9.48 Å². The fourth-order valence-corrected chi connectivity index (χ4v) is 3.48. The van der Waals surface area contributed by atoms with E-state index >= 15 is 0 Å². The standard InChI is InChI=1S/C17H28N8O/c1-11(2)8-14(16-19-10-20-24(16)3)21-17(26)15-9-25(23-22-15)13-6-4-12(18)5-7-13/h9-14H,4-8,18H2,1-3H3,(H,21,26). The van der Waals surface area contributed by atoms with Crippen LogP contribution < -0.4 is 11.1 Å². The Labute approximate surface area is 153 Å². The van der Waals surface area contributed by atoms with Crippen molar-refractivity contribution in [2.24, 2.45) is 18.7 Å². The lowest BCUT2D eigenvalue weighted by Gasteiger charge is -2.25. The molecule has 1 amide bonds. The Morgan fingerprint density at radius 3 is 2.69 bits per heavy atom. The van der Waals surface area contributed by atoms with Crippen LogP contribution in [-0.4, -0.2) is 41.7 Å². The first-order valence-corrected chi connectivity index (χ1v) is 9.26. The van der Waals surface area contributed by atoms with Crippen LogP contribution in [0.5, 0.6) is 0 Å². The van der Waals surface area contributed by atoms with Gasteiger partial charge in [-0.25, -0.2) is 9.67 Å². The zero-order valence-corrected chi connectivity index (χ0v) is 15.7. The third-order valence-corrected chi connectivity index (χ3v) is 4.93. The molecule has 0 spiro atoms. The van der Waals surface area contributed by atoms with E-state index < -0.39 is 0 Å². The first-order valence-electron chi connectivity index (χ1n) is 9.26. The van der Waals surface area contributed by atoms with E-state index in [0.29, 0.717) is 11.6 Å². The quantitative estimate of drug-likeness (QED) is 0.803. The smallest absolute Gasteiger partial charge is 0.274 e. The molecule has 1 aliphatic rings. The Bertz CT molecular complexity index is 729. The van der Waals surface area contributed by atoms with E-state index in [4.69, 9.17) is 5.73 Å². The molecule has 0 saturated heterocycles. The fraction of sp³-hybridized carbons (Fsp3) is 0.706. The van der Waals surface area contributed by atoms with Gasteiger partial charge >= 0.3 is 0 Å². The van der Waals surface area contributed by atoms with Gasteiger partial charge in [0.2, 0.25) is 0 Å². The molecule has 1 atom stereocenters. The van der Waals surface area contributed by atoms with Crippen molar-refractivity contribution in [3.8, 4) is 0 Å². The normalized spacial score (nSPS) is 21.7. The summed E-state index contributed by atoms with van der Waals surface area (Å²) in [6.45, 7) is 4.22. The summed E-state index contributed by atoms with van der Waals surface area (Å²) in [6.07, 6.45) is 7.91. The molecule has 2 aromatic rings. The molecule has 0 aromatic carbocycles. The fourth-order valence-electron chi connectivity index (χ4n) is 3.48. The predicted octanol–water partition coefficient (Wildman–Crippen LogP) is 1.37. The maximum atomic E-state index is 12.7.